The number of halogens is 1. The Morgan fingerprint density at radius 3 is 2.41 bits per heavy atom. The van der Waals surface area contributed by atoms with Crippen molar-refractivity contribution in [3.8, 4) is 17.1 Å². The monoisotopic (exact) mass is 431 g/mol. The quantitative estimate of drug-likeness (QED) is 0.364. The van der Waals surface area contributed by atoms with Crippen LogP contribution in [0.4, 0.5) is 0 Å². The third kappa shape index (κ3) is 5.18. The number of methoxy groups -OCH3 is 2. The van der Waals surface area contributed by atoms with Gasteiger partial charge >= 0.3 is 0 Å². The molecule has 3 rings (SSSR count). The van der Waals surface area contributed by atoms with Gasteiger partial charge in [-0.25, -0.2) is 0 Å². The van der Waals surface area contributed by atoms with Crippen LogP contribution < -0.4 is 4.74 Å². The molecule has 152 valence electrons. The third-order valence-electron chi connectivity index (χ3n) is 4.36. The van der Waals surface area contributed by atoms with Gasteiger partial charge in [-0.1, -0.05) is 23.4 Å². The number of carbonyl (C=O) groups excluding carboxylic acids is 1. The van der Waals surface area contributed by atoms with E-state index in [-0.39, 0.29) is 11.0 Å². The maximum Gasteiger partial charge on any atom is 0.192 e. The molecule has 0 amide bonds. The number of hydrogen-bond donors (Lipinski definition) is 0. The number of aromatic nitrogens is 3. The molecule has 29 heavy (non-hydrogen) atoms. The van der Waals surface area contributed by atoms with Gasteiger partial charge in [-0.2, -0.15) is 0 Å². The number of ether oxygens (including phenoxy) is 2. The first-order valence-corrected chi connectivity index (χ1v) is 10.3. The molecule has 0 saturated heterocycles. The number of nitrogens with zero attached hydrogens (tertiary/aromatic N) is 3. The zero-order chi connectivity index (χ0) is 20.8. The zero-order valence-electron chi connectivity index (χ0n) is 16.5. The average molecular weight is 432 g/mol. The van der Waals surface area contributed by atoms with E-state index in [1.165, 1.54) is 11.8 Å². The maximum absolute atomic E-state index is 12.8. The Kier molecular flexibility index (Phi) is 7.30. The highest BCUT2D eigenvalue weighted by atomic mass is 35.5. The van der Waals surface area contributed by atoms with Gasteiger partial charge in [-0.3, -0.25) is 9.36 Å². The maximum atomic E-state index is 12.8. The van der Waals surface area contributed by atoms with Gasteiger partial charge in [0.15, 0.2) is 16.8 Å². The standard InChI is InChI=1S/C21H22ClN3O3S/c1-14(19(26)15-6-10-18(28-3)11-7-15)29-21-24-23-20(25(21)12-13-27-2)16-4-8-17(22)9-5-16/h4-11,14H,12-13H2,1-3H3/t14-/m1/s1. The largest absolute Gasteiger partial charge is 0.497 e. The van der Waals surface area contributed by atoms with Gasteiger partial charge in [-0.15, -0.1) is 10.2 Å². The van der Waals surface area contributed by atoms with Crippen LogP contribution in [0.2, 0.25) is 5.02 Å². The fourth-order valence-electron chi connectivity index (χ4n) is 2.77. The number of thioether (sulfide) groups is 1. The van der Waals surface area contributed by atoms with Crippen molar-refractivity contribution in [1.29, 1.82) is 0 Å². The summed E-state index contributed by atoms with van der Waals surface area (Å²) in [6.07, 6.45) is 0. The Morgan fingerprint density at radius 2 is 1.79 bits per heavy atom. The summed E-state index contributed by atoms with van der Waals surface area (Å²) in [5, 5.41) is 9.67. The van der Waals surface area contributed by atoms with Crippen LogP contribution in [0.3, 0.4) is 0 Å². The smallest absolute Gasteiger partial charge is 0.192 e. The molecule has 0 aliphatic rings. The van der Waals surface area contributed by atoms with Crippen molar-refractivity contribution in [3.05, 3.63) is 59.1 Å². The summed E-state index contributed by atoms with van der Waals surface area (Å²) in [6.45, 7) is 2.95. The van der Waals surface area contributed by atoms with E-state index in [0.717, 1.165) is 5.56 Å². The van der Waals surface area contributed by atoms with Crippen LogP contribution >= 0.6 is 23.4 Å². The second kappa shape index (κ2) is 9.91. The SMILES string of the molecule is COCCn1c(S[C@H](C)C(=O)c2ccc(OC)cc2)nnc1-c1ccc(Cl)cc1. The van der Waals surface area contributed by atoms with E-state index < -0.39 is 0 Å². The molecule has 3 aromatic rings. The molecule has 8 heteroatoms. The number of benzene rings is 2. The highest BCUT2D eigenvalue weighted by molar-refractivity contribution is 8.00. The second-order valence-electron chi connectivity index (χ2n) is 6.31. The molecule has 1 aromatic heterocycles. The summed E-state index contributed by atoms with van der Waals surface area (Å²) in [5.74, 6) is 1.45. The number of ketones is 1. The molecular formula is C21H22ClN3O3S. The van der Waals surface area contributed by atoms with E-state index >= 15 is 0 Å². The summed E-state index contributed by atoms with van der Waals surface area (Å²) in [7, 11) is 3.25. The molecule has 2 aromatic carbocycles. The fourth-order valence-corrected chi connectivity index (χ4v) is 3.85. The Morgan fingerprint density at radius 1 is 1.10 bits per heavy atom. The highest BCUT2D eigenvalue weighted by Crippen LogP contribution is 2.29. The van der Waals surface area contributed by atoms with Crippen molar-refractivity contribution in [2.45, 2.75) is 23.9 Å². The Labute approximate surface area is 179 Å². The molecule has 0 N–H and O–H groups in total. The summed E-state index contributed by atoms with van der Waals surface area (Å²) in [6, 6.07) is 14.5. The predicted octanol–water partition coefficient (Wildman–Crippen LogP) is 4.62. The minimum absolute atomic E-state index is 0.0204. The summed E-state index contributed by atoms with van der Waals surface area (Å²) < 4.78 is 12.4. The van der Waals surface area contributed by atoms with Crippen molar-refractivity contribution >= 4 is 29.1 Å². The number of hydrogen-bond acceptors (Lipinski definition) is 6. The molecule has 0 fully saturated rings. The van der Waals surface area contributed by atoms with Crippen LogP contribution in [0.1, 0.15) is 17.3 Å². The van der Waals surface area contributed by atoms with Gasteiger partial charge in [-0.05, 0) is 55.5 Å². The normalized spacial score (nSPS) is 12.0. The first-order valence-electron chi connectivity index (χ1n) is 9.06. The van der Waals surface area contributed by atoms with Crippen LogP contribution in [-0.4, -0.2) is 46.6 Å². The molecule has 1 atom stereocenters. The molecule has 0 spiro atoms. The molecule has 0 aliphatic heterocycles. The lowest BCUT2D eigenvalue weighted by Gasteiger charge is -2.13. The molecule has 0 unspecified atom stereocenters. The Balaban J connectivity index is 1.83. The van der Waals surface area contributed by atoms with Crippen molar-refractivity contribution in [2.75, 3.05) is 20.8 Å². The summed E-state index contributed by atoms with van der Waals surface area (Å²) in [4.78, 5) is 12.8. The van der Waals surface area contributed by atoms with Crippen molar-refractivity contribution in [3.63, 3.8) is 0 Å². The van der Waals surface area contributed by atoms with E-state index in [1.807, 2.05) is 35.8 Å². The lowest BCUT2D eigenvalue weighted by molar-refractivity contribution is 0.0994. The van der Waals surface area contributed by atoms with E-state index in [4.69, 9.17) is 21.1 Å². The van der Waals surface area contributed by atoms with Crippen molar-refractivity contribution in [2.24, 2.45) is 0 Å². The number of Topliss-reactive ketones (excluding diaryl/α,β-unsaturated/α-hetero) is 1. The topological polar surface area (TPSA) is 66.2 Å². The van der Waals surface area contributed by atoms with E-state index in [1.54, 1.807) is 38.5 Å². The van der Waals surface area contributed by atoms with E-state index in [0.29, 0.717) is 40.5 Å². The number of carbonyl (C=O) groups is 1. The minimum Gasteiger partial charge on any atom is -0.497 e. The van der Waals surface area contributed by atoms with Gasteiger partial charge in [0.1, 0.15) is 5.75 Å². The lowest BCUT2D eigenvalue weighted by Crippen LogP contribution is -2.15. The van der Waals surface area contributed by atoms with E-state index in [9.17, 15) is 4.79 Å². The molecule has 6 nitrogen and oxygen atoms in total. The molecule has 1 heterocycles. The molecular weight excluding hydrogens is 410 g/mol. The van der Waals surface area contributed by atoms with Crippen LogP contribution in [0, 0.1) is 0 Å². The predicted molar refractivity (Wildman–Crippen MR) is 115 cm³/mol. The molecule has 0 bridgehead atoms. The van der Waals surface area contributed by atoms with Gasteiger partial charge in [0, 0.05) is 23.3 Å². The summed E-state index contributed by atoms with van der Waals surface area (Å²) >= 11 is 7.38. The highest BCUT2D eigenvalue weighted by Gasteiger charge is 2.22. The van der Waals surface area contributed by atoms with Gasteiger partial charge in [0.05, 0.1) is 25.5 Å². The summed E-state index contributed by atoms with van der Waals surface area (Å²) in [5.41, 5.74) is 1.53. The second-order valence-corrected chi connectivity index (χ2v) is 8.05. The van der Waals surface area contributed by atoms with Gasteiger partial charge < -0.3 is 9.47 Å². The molecule has 0 aliphatic carbocycles. The molecule has 0 radical (unpaired) electrons. The van der Waals surface area contributed by atoms with Crippen LogP contribution in [0.25, 0.3) is 11.4 Å². The average Bonchev–Trinajstić information content (AvgIpc) is 3.14. The van der Waals surface area contributed by atoms with Gasteiger partial charge in [0.25, 0.3) is 0 Å². The van der Waals surface area contributed by atoms with Crippen LogP contribution in [-0.2, 0) is 11.3 Å². The first-order chi connectivity index (χ1) is 14.0. The Bertz CT molecular complexity index is 958. The molecule has 0 saturated carbocycles. The van der Waals surface area contributed by atoms with Crippen LogP contribution in [0.5, 0.6) is 5.75 Å². The van der Waals surface area contributed by atoms with Gasteiger partial charge in [0.2, 0.25) is 0 Å². The lowest BCUT2D eigenvalue weighted by atomic mass is 10.1. The van der Waals surface area contributed by atoms with Crippen LogP contribution in [0.15, 0.2) is 53.7 Å². The first kappa shape index (κ1) is 21.4. The van der Waals surface area contributed by atoms with E-state index in [2.05, 4.69) is 10.2 Å². The van der Waals surface area contributed by atoms with Crippen molar-refractivity contribution in [1.82, 2.24) is 14.8 Å². The zero-order valence-corrected chi connectivity index (χ0v) is 18.0. The minimum atomic E-state index is -0.327. The fraction of sp³-hybridized carbons (Fsp3) is 0.286. The Hall–Kier alpha value is -2.35. The van der Waals surface area contributed by atoms with Crippen molar-refractivity contribution < 1.29 is 14.3 Å². The number of rotatable bonds is 9. The third-order valence-corrected chi connectivity index (χ3v) is 5.70.